The fourth-order valence-corrected chi connectivity index (χ4v) is 3.40. The lowest BCUT2D eigenvalue weighted by molar-refractivity contribution is -0.146. The minimum atomic E-state index is -0.807. The number of phenolic OH excluding ortho intramolecular Hbond substituents is 1. The molecule has 0 radical (unpaired) electrons. The average Bonchev–Trinajstić information content (AvgIpc) is 2.74. The van der Waals surface area contributed by atoms with E-state index in [9.17, 15) is 19.5 Å². The number of carbonyl (C=O) groups excluding carboxylic acids is 3. The Labute approximate surface area is 189 Å². The number of aromatic hydroxyl groups is 1. The van der Waals surface area contributed by atoms with Crippen molar-refractivity contribution in [2.45, 2.75) is 52.1 Å². The first kappa shape index (κ1) is 26.7. The Bertz CT molecular complexity index is 788. The molecule has 0 fully saturated rings. The number of phenols is 1. The summed E-state index contributed by atoms with van der Waals surface area (Å²) >= 11 is 0. The molecule has 1 aromatic rings. The second kappa shape index (κ2) is 13.2. The van der Waals surface area contributed by atoms with Crippen molar-refractivity contribution in [3.05, 3.63) is 29.8 Å². The molecule has 178 valence electrons. The zero-order valence-corrected chi connectivity index (χ0v) is 19.4. The van der Waals surface area contributed by atoms with Crippen molar-refractivity contribution in [1.82, 2.24) is 15.1 Å². The highest BCUT2D eigenvalue weighted by molar-refractivity contribution is 5.91. The lowest BCUT2D eigenvalue weighted by Crippen LogP contribution is -2.55. The SMILES string of the molecule is CCN(CC)C(=O)[C@H](Cc1ccc(O)cc1)N(C)C(=O)[C@H](CCCN=C(N)N)NC(C)=O. The van der Waals surface area contributed by atoms with Crippen molar-refractivity contribution < 1.29 is 19.5 Å². The maximum absolute atomic E-state index is 13.3. The van der Waals surface area contributed by atoms with Gasteiger partial charge in [0.05, 0.1) is 0 Å². The van der Waals surface area contributed by atoms with Gasteiger partial charge in [-0.25, -0.2) is 0 Å². The molecule has 0 saturated carbocycles. The van der Waals surface area contributed by atoms with Gasteiger partial charge in [-0.2, -0.15) is 0 Å². The second-order valence-corrected chi connectivity index (χ2v) is 7.55. The fourth-order valence-electron chi connectivity index (χ4n) is 3.40. The molecule has 1 aromatic carbocycles. The van der Waals surface area contributed by atoms with E-state index in [-0.39, 0.29) is 35.9 Å². The molecule has 0 aromatic heterocycles. The first-order chi connectivity index (χ1) is 15.1. The van der Waals surface area contributed by atoms with Crippen LogP contribution in [0.5, 0.6) is 5.75 Å². The van der Waals surface area contributed by atoms with Crippen LogP contribution < -0.4 is 16.8 Å². The lowest BCUT2D eigenvalue weighted by atomic mass is 10.0. The van der Waals surface area contributed by atoms with Crippen molar-refractivity contribution in [3.8, 4) is 5.75 Å². The minimum absolute atomic E-state index is 0.0386. The van der Waals surface area contributed by atoms with Gasteiger partial charge in [-0.05, 0) is 44.4 Å². The van der Waals surface area contributed by atoms with Crippen LogP contribution in [0.3, 0.4) is 0 Å². The van der Waals surface area contributed by atoms with Crippen LogP contribution in [0.25, 0.3) is 0 Å². The Hall–Kier alpha value is -3.30. The predicted octanol–water partition coefficient (Wildman–Crippen LogP) is 0.188. The van der Waals surface area contributed by atoms with E-state index in [1.807, 2.05) is 13.8 Å². The molecule has 10 nitrogen and oxygen atoms in total. The van der Waals surface area contributed by atoms with E-state index >= 15 is 0 Å². The molecule has 2 atom stereocenters. The highest BCUT2D eigenvalue weighted by Gasteiger charge is 2.33. The first-order valence-corrected chi connectivity index (χ1v) is 10.8. The smallest absolute Gasteiger partial charge is 0.245 e. The van der Waals surface area contributed by atoms with Crippen LogP contribution >= 0.6 is 0 Å². The van der Waals surface area contributed by atoms with E-state index in [1.54, 1.807) is 36.2 Å². The number of rotatable bonds is 12. The molecule has 0 aliphatic carbocycles. The molecule has 0 aliphatic rings. The number of hydrogen-bond acceptors (Lipinski definition) is 5. The number of carbonyl (C=O) groups is 3. The van der Waals surface area contributed by atoms with Gasteiger partial charge in [0.2, 0.25) is 17.7 Å². The van der Waals surface area contributed by atoms with E-state index in [0.29, 0.717) is 32.5 Å². The number of benzene rings is 1. The normalized spacial score (nSPS) is 12.4. The van der Waals surface area contributed by atoms with Gasteiger partial charge in [-0.3, -0.25) is 19.4 Å². The van der Waals surface area contributed by atoms with Crippen molar-refractivity contribution in [1.29, 1.82) is 0 Å². The molecule has 0 spiro atoms. The van der Waals surface area contributed by atoms with Crippen LogP contribution in [0.15, 0.2) is 29.3 Å². The quantitative estimate of drug-likeness (QED) is 0.203. The molecule has 0 saturated heterocycles. The van der Waals surface area contributed by atoms with Crippen LogP contribution in [0.4, 0.5) is 0 Å². The Morgan fingerprint density at radius 3 is 2.19 bits per heavy atom. The molecule has 1 rings (SSSR count). The van der Waals surface area contributed by atoms with Crippen LogP contribution in [0, 0.1) is 0 Å². The second-order valence-electron chi connectivity index (χ2n) is 7.55. The maximum Gasteiger partial charge on any atom is 0.245 e. The third-order valence-electron chi connectivity index (χ3n) is 5.16. The number of amides is 3. The van der Waals surface area contributed by atoms with Crippen LogP contribution in [0.1, 0.15) is 39.2 Å². The van der Waals surface area contributed by atoms with Gasteiger partial charge in [0, 0.05) is 40.0 Å². The lowest BCUT2D eigenvalue weighted by Gasteiger charge is -2.34. The molecule has 0 aliphatic heterocycles. The topological polar surface area (TPSA) is 154 Å². The minimum Gasteiger partial charge on any atom is -0.508 e. The molecule has 10 heteroatoms. The van der Waals surface area contributed by atoms with Gasteiger partial charge < -0.3 is 31.7 Å². The standard InChI is InChI=1S/C22H36N6O4/c1-5-28(6-2)21(32)19(14-16-9-11-17(30)12-10-16)27(4)20(31)18(26-15(3)29)8-7-13-25-22(23)24/h9-12,18-19,30H,5-8,13-14H2,1-4H3,(H,26,29)(H4,23,24,25)/t18-,19-/m0/s1. The Kier molecular flexibility index (Phi) is 11.0. The monoisotopic (exact) mass is 448 g/mol. The van der Waals surface area contributed by atoms with Gasteiger partial charge in [0.1, 0.15) is 17.8 Å². The summed E-state index contributed by atoms with van der Waals surface area (Å²) in [6.07, 6.45) is 1.08. The van der Waals surface area contributed by atoms with E-state index in [1.165, 1.54) is 11.8 Å². The van der Waals surface area contributed by atoms with E-state index in [4.69, 9.17) is 11.5 Å². The van der Waals surface area contributed by atoms with Gasteiger partial charge in [-0.1, -0.05) is 12.1 Å². The summed E-state index contributed by atoms with van der Waals surface area (Å²) < 4.78 is 0. The highest BCUT2D eigenvalue weighted by atomic mass is 16.3. The zero-order chi connectivity index (χ0) is 24.3. The molecule has 0 unspecified atom stereocenters. The van der Waals surface area contributed by atoms with Crippen LogP contribution in [-0.2, 0) is 20.8 Å². The van der Waals surface area contributed by atoms with Gasteiger partial charge in [-0.15, -0.1) is 0 Å². The molecule has 6 N–H and O–H groups in total. The summed E-state index contributed by atoms with van der Waals surface area (Å²) in [7, 11) is 1.57. The summed E-state index contributed by atoms with van der Waals surface area (Å²) in [5.41, 5.74) is 11.5. The summed E-state index contributed by atoms with van der Waals surface area (Å²) in [5.74, 6) is -0.807. The number of hydrogen-bond donors (Lipinski definition) is 4. The van der Waals surface area contributed by atoms with E-state index < -0.39 is 12.1 Å². The molecule has 32 heavy (non-hydrogen) atoms. The summed E-state index contributed by atoms with van der Waals surface area (Å²) in [6.45, 7) is 6.44. The van der Waals surface area contributed by atoms with Crippen molar-refractivity contribution >= 4 is 23.7 Å². The third-order valence-corrected chi connectivity index (χ3v) is 5.16. The van der Waals surface area contributed by atoms with Crippen molar-refractivity contribution in [2.24, 2.45) is 16.5 Å². The highest BCUT2D eigenvalue weighted by Crippen LogP contribution is 2.16. The first-order valence-electron chi connectivity index (χ1n) is 10.8. The van der Waals surface area contributed by atoms with Gasteiger partial charge >= 0.3 is 0 Å². The number of nitrogens with zero attached hydrogens (tertiary/aromatic N) is 3. The largest absolute Gasteiger partial charge is 0.508 e. The van der Waals surface area contributed by atoms with Crippen LogP contribution in [0.2, 0.25) is 0 Å². The number of nitrogens with one attached hydrogen (secondary N) is 1. The van der Waals surface area contributed by atoms with E-state index in [0.717, 1.165) is 5.56 Å². The summed E-state index contributed by atoms with van der Waals surface area (Å²) in [5, 5.41) is 12.2. The third kappa shape index (κ3) is 8.44. The maximum atomic E-state index is 13.3. The Morgan fingerprint density at radius 2 is 1.69 bits per heavy atom. The summed E-state index contributed by atoms with van der Waals surface area (Å²) in [6, 6.07) is 4.95. The molecular formula is C22H36N6O4. The predicted molar refractivity (Wildman–Crippen MR) is 124 cm³/mol. The molecular weight excluding hydrogens is 412 g/mol. The summed E-state index contributed by atoms with van der Waals surface area (Å²) in [4.78, 5) is 45.2. The number of nitrogens with two attached hydrogens (primary N) is 2. The van der Waals surface area contributed by atoms with Crippen molar-refractivity contribution in [3.63, 3.8) is 0 Å². The molecule has 3 amide bonds. The Balaban J connectivity index is 3.12. The van der Waals surface area contributed by atoms with Gasteiger partial charge in [0.15, 0.2) is 5.96 Å². The molecule has 0 heterocycles. The molecule has 0 bridgehead atoms. The van der Waals surface area contributed by atoms with Crippen molar-refractivity contribution in [2.75, 3.05) is 26.7 Å². The fraction of sp³-hybridized carbons (Fsp3) is 0.545. The van der Waals surface area contributed by atoms with E-state index in [2.05, 4.69) is 10.3 Å². The number of guanidine groups is 1. The van der Waals surface area contributed by atoms with Gasteiger partial charge in [0.25, 0.3) is 0 Å². The number of aliphatic imine (C=N–C) groups is 1. The van der Waals surface area contributed by atoms with Crippen LogP contribution in [-0.4, -0.2) is 77.4 Å². The Morgan fingerprint density at radius 1 is 1.09 bits per heavy atom. The average molecular weight is 449 g/mol. The number of likely N-dealkylation sites (N-methyl/N-ethyl adjacent to an activating group) is 2. The zero-order valence-electron chi connectivity index (χ0n) is 19.4.